The second-order valence-corrected chi connectivity index (χ2v) is 9.32. The lowest BCUT2D eigenvalue weighted by molar-refractivity contribution is 0.0934. The number of para-hydroxylation sites is 1. The molecule has 174 valence electrons. The number of likely N-dealkylation sites (tertiary alicyclic amines) is 1. The van der Waals surface area contributed by atoms with E-state index in [0.29, 0.717) is 17.7 Å². The van der Waals surface area contributed by atoms with E-state index < -0.39 is 0 Å². The first-order valence-electron chi connectivity index (χ1n) is 11.6. The summed E-state index contributed by atoms with van der Waals surface area (Å²) in [6.45, 7) is 2.57. The maximum atomic E-state index is 13.3. The fraction of sp³-hybridized carbons (Fsp3) is 0.286. The Morgan fingerprint density at radius 2 is 1.76 bits per heavy atom. The van der Waals surface area contributed by atoms with Crippen molar-refractivity contribution in [3.63, 3.8) is 0 Å². The van der Waals surface area contributed by atoms with Gasteiger partial charge in [0.05, 0.1) is 30.3 Å². The third-order valence-corrected chi connectivity index (χ3v) is 7.29. The zero-order valence-electron chi connectivity index (χ0n) is 19.4. The molecule has 0 spiro atoms. The van der Waals surface area contributed by atoms with Gasteiger partial charge in [-0.15, -0.1) is 11.8 Å². The Hall–Kier alpha value is -3.27. The fourth-order valence-electron chi connectivity index (χ4n) is 4.33. The minimum atomic E-state index is -0.0676. The number of nitrogens with zero attached hydrogens (tertiary/aromatic N) is 2. The average Bonchev–Trinajstić information content (AvgIpc) is 3.43. The number of hydrogen-bond donors (Lipinski definition) is 1. The van der Waals surface area contributed by atoms with E-state index in [2.05, 4.69) is 22.4 Å². The van der Waals surface area contributed by atoms with E-state index >= 15 is 0 Å². The molecule has 0 bridgehead atoms. The van der Waals surface area contributed by atoms with E-state index in [4.69, 9.17) is 10.00 Å². The predicted molar refractivity (Wildman–Crippen MR) is 136 cm³/mol. The largest absolute Gasteiger partial charge is 0.496 e. The van der Waals surface area contributed by atoms with Gasteiger partial charge in [0.25, 0.3) is 5.91 Å². The molecule has 1 saturated heterocycles. The van der Waals surface area contributed by atoms with Crippen molar-refractivity contribution in [2.45, 2.75) is 29.5 Å². The van der Waals surface area contributed by atoms with Crippen LogP contribution in [0.5, 0.6) is 5.75 Å². The maximum Gasteiger partial charge on any atom is 0.252 e. The van der Waals surface area contributed by atoms with Crippen molar-refractivity contribution in [2.75, 3.05) is 26.7 Å². The second kappa shape index (κ2) is 11.7. The normalized spacial score (nSPS) is 14.4. The molecule has 1 atom stereocenters. The number of carbonyl (C=O) groups excluding carboxylic acids is 1. The predicted octanol–water partition coefficient (Wildman–Crippen LogP) is 5.43. The number of amides is 1. The number of benzene rings is 3. The summed E-state index contributed by atoms with van der Waals surface area (Å²) in [5.41, 5.74) is 3.55. The first-order valence-corrected chi connectivity index (χ1v) is 12.5. The van der Waals surface area contributed by atoms with Crippen LogP contribution in [0.2, 0.25) is 0 Å². The maximum absolute atomic E-state index is 13.3. The van der Waals surface area contributed by atoms with Gasteiger partial charge in [-0.3, -0.25) is 9.69 Å². The van der Waals surface area contributed by atoms with Gasteiger partial charge in [-0.1, -0.05) is 42.5 Å². The number of thioether (sulfide) groups is 1. The molecular weight excluding hydrogens is 442 g/mol. The van der Waals surface area contributed by atoms with E-state index in [1.54, 1.807) is 18.9 Å². The van der Waals surface area contributed by atoms with Gasteiger partial charge in [-0.05, 0) is 61.8 Å². The van der Waals surface area contributed by atoms with Crippen molar-refractivity contribution in [2.24, 2.45) is 0 Å². The summed E-state index contributed by atoms with van der Waals surface area (Å²) in [6.07, 6.45) is 2.35. The summed E-state index contributed by atoms with van der Waals surface area (Å²) in [5, 5.41) is 12.2. The summed E-state index contributed by atoms with van der Waals surface area (Å²) in [7, 11) is 1.69. The molecule has 1 amide bonds. The van der Waals surface area contributed by atoms with Crippen molar-refractivity contribution in [1.82, 2.24) is 10.2 Å². The fourth-order valence-corrected chi connectivity index (χ4v) is 5.34. The number of hydrogen-bond acceptors (Lipinski definition) is 5. The van der Waals surface area contributed by atoms with Gasteiger partial charge in [0.1, 0.15) is 5.75 Å². The highest BCUT2D eigenvalue weighted by Gasteiger charge is 2.26. The number of nitriles is 1. The number of rotatable bonds is 9. The highest BCUT2D eigenvalue weighted by Crippen LogP contribution is 2.32. The molecule has 0 aliphatic carbocycles. The Morgan fingerprint density at radius 1 is 1.06 bits per heavy atom. The topological polar surface area (TPSA) is 65.4 Å². The summed E-state index contributed by atoms with van der Waals surface area (Å²) in [4.78, 5) is 16.6. The van der Waals surface area contributed by atoms with Crippen molar-refractivity contribution < 1.29 is 9.53 Å². The molecule has 3 aromatic rings. The van der Waals surface area contributed by atoms with Crippen LogP contribution < -0.4 is 10.1 Å². The molecule has 1 aliphatic heterocycles. The van der Waals surface area contributed by atoms with E-state index in [9.17, 15) is 4.79 Å². The van der Waals surface area contributed by atoms with Crippen LogP contribution in [-0.4, -0.2) is 37.6 Å². The van der Waals surface area contributed by atoms with Crippen LogP contribution in [0.15, 0.2) is 77.7 Å². The summed E-state index contributed by atoms with van der Waals surface area (Å²) in [5.74, 6) is 1.52. The minimum absolute atomic E-state index is 0.0676. The number of nitrogens with one attached hydrogen (secondary N) is 1. The van der Waals surface area contributed by atoms with Crippen LogP contribution >= 0.6 is 11.8 Å². The Labute approximate surface area is 205 Å². The van der Waals surface area contributed by atoms with Gasteiger partial charge in [-0.2, -0.15) is 5.26 Å². The minimum Gasteiger partial charge on any atom is -0.496 e. The highest BCUT2D eigenvalue weighted by atomic mass is 32.2. The molecule has 4 rings (SSSR count). The Balaban J connectivity index is 1.46. The van der Waals surface area contributed by atoms with Crippen molar-refractivity contribution in [1.29, 1.82) is 5.26 Å². The first kappa shape index (κ1) is 23.9. The van der Waals surface area contributed by atoms with Crippen LogP contribution in [0.4, 0.5) is 0 Å². The molecule has 0 radical (unpaired) electrons. The number of ether oxygens (including phenoxy) is 1. The van der Waals surface area contributed by atoms with Crippen molar-refractivity contribution in [3.8, 4) is 11.8 Å². The van der Waals surface area contributed by atoms with Gasteiger partial charge in [0, 0.05) is 22.8 Å². The van der Waals surface area contributed by atoms with Gasteiger partial charge in [-0.25, -0.2) is 0 Å². The zero-order chi connectivity index (χ0) is 23.8. The molecule has 5 nitrogen and oxygen atoms in total. The average molecular weight is 472 g/mol. The molecule has 1 fully saturated rings. The molecule has 34 heavy (non-hydrogen) atoms. The van der Waals surface area contributed by atoms with Crippen LogP contribution in [0, 0.1) is 11.3 Å². The van der Waals surface area contributed by atoms with Crippen LogP contribution in [-0.2, 0) is 5.75 Å². The standard InChI is InChI=1S/C28H29N3O2S/c1-33-26-10-4-2-8-23(26)25(31-16-6-7-17-31)19-30-28(32)24-9-3-5-11-27(24)34-20-22-14-12-21(18-29)13-15-22/h2-5,8-15,25H,6-7,16-17,19-20H2,1H3,(H,30,32). The number of methoxy groups -OCH3 is 1. The van der Waals surface area contributed by atoms with Crippen LogP contribution in [0.1, 0.15) is 45.9 Å². The van der Waals surface area contributed by atoms with Crippen LogP contribution in [0.3, 0.4) is 0 Å². The van der Waals surface area contributed by atoms with Gasteiger partial charge < -0.3 is 10.1 Å². The zero-order valence-corrected chi connectivity index (χ0v) is 20.2. The highest BCUT2D eigenvalue weighted by molar-refractivity contribution is 7.98. The lowest BCUT2D eigenvalue weighted by Crippen LogP contribution is -2.37. The van der Waals surface area contributed by atoms with Crippen LogP contribution in [0.25, 0.3) is 0 Å². The quantitative estimate of drug-likeness (QED) is 0.422. The van der Waals surface area contributed by atoms with Crippen molar-refractivity contribution in [3.05, 3.63) is 95.1 Å². The molecule has 6 heteroatoms. The molecule has 0 saturated carbocycles. The third kappa shape index (κ3) is 5.80. The summed E-state index contributed by atoms with van der Waals surface area (Å²) >= 11 is 1.63. The molecule has 3 aromatic carbocycles. The smallest absolute Gasteiger partial charge is 0.252 e. The lowest BCUT2D eigenvalue weighted by atomic mass is 10.0. The molecule has 1 heterocycles. The molecule has 0 aromatic heterocycles. The van der Waals surface area contributed by atoms with E-state index in [1.165, 1.54) is 12.8 Å². The molecule has 1 aliphatic rings. The second-order valence-electron chi connectivity index (χ2n) is 8.30. The Bertz CT molecular complexity index is 1150. The Kier molecular flexibility index (Phi) is 8.24. The van der Waals surface area contributed by atoms with Gasteiger partial charge >= 0.3 is 0 Å². The van der Waals surface area contributed by atoms with Crippen molar-refractivity contribution >= 4 is 17.7 Å². The lowest BCUT2D eigenvalue weighted by Gasteiger charge is -2.29. The molecular formula is C28H29N3O2S. The van der Waals surface area contributed by atoms with E-state index in [0.717, 1.165) is 40.6 Å². The van der Waals surface area contributed by atoms with E-state index in [-0.39, 0.29) is 11.9 Å². The monoisotopic (exact) mass is 471 g/mol. The first-order chi connectivity index (χ1) is 16.7. The molecule has 1 N–H and O–H groups in total. The third-order valence-electron chi connectivity index (χ3n) is 6.14. The van der Waals surface area contributed by atoms with Gasteiger partial charge in [0.15, 0.2) is 0 Å². The number of carbonyl (C=O) groups is 1. The summed E-state index contributed by atoms with van der Waals surface area (Å²) < 4.78 is 5.62. The summed E-state index contributed by atoms with van der Waals surface area (Å²) in [6, 6.07) is 25.6. The Morgan fingerprint density at radius 3 is 2.50 bits per heavy atom. The van der Waals surface area contributed by atoms with Gasteiger partial charge in [0.2, 0.25) is 0 Å². The van der Waals surface area contributed by atoms with E-state index in [1.807, 2.05) is 66.7 Å². The molecule has 1 unspecified atom stereocenters. The SMILES string of the molecule is COc1ccccc1C(CNC(=O)c1ccccc1SCc1ccc(C#N)cc1)N1CCCC1.